The minimum atomic E-state index is -1.14. The van der Waals surface area contributed by atoms with Crippen LogP contribution in [0.25, 0.3) is 0 Å². The first-order chi connectivity index (χ1) is 19.0. The second kappa shape index (κ2) is 11.7. The normalized spacial score (nSPS) is 20.5. The van der Waals surface area contributed by atoms with Gasteiger partial charge in [0.15, 0.2) is 0 Å². The molecular weight excluding hydrogens is 517 g/mol. The van der Waals surface area contributed by atoms with Crippen LogP contribution in [0.1, 0.15) is 75.5 Å². The molecule has 1 aromatic carbocycles. The number of esters is 2. The van der Waals surface area contributed by atoms with Gasteiger partial charge in [-0.05, 0) is 74.7 Å². The van der Waals surface area contributed by atoms with Crippen LogP contribution in [0.15, 0.2) is 52.1 Å². The van der Waals surface area contributed by atoms with Crippen LogP contribution in [0.2, 0.25) is 0 Å². The highest BCUT2D eigenvalue weighted by molar-refractivity contribution is 5.98. The first-order valence-corrected chi connectivity index (χ1v) is 13.5. The fourth-order valence-electron chi connectivity index (χ4n) is 5.82. The zero-order valence-electron chi connectivity index (χ0n) is 23.4. The molecule has 1 aromatic heterocycles. The average Bonchev–Trinajstić information content (AvgIpc) is 3.60. The number of hydrogen-bond donors (Lipinski definition) is 1. The number of hydrogen-bond acceptors (Lipinski definition) is 8. The van der Waals surface area contributed by atoms with Crippen molar-refractivity contribution in [1.82, 2.24) is 9.89 Å². The number of benzene rings is 1. The highest BCUT2D eigenvalue weighted by Gasteiger charge is 2.48. The van der Waals surface area contributed by atoms with E-state index < -0.39 is 28.8 Å². The summed E-state index contributed by atoms with van der Waals surface area (Å²) in [7, 11) is 1.27. The molecule has 2 N–H and O–H groups in total. The third kappa shape index (κ3) is 5.97. The summed E-state index contributed by atoms with van der Waals surface area (Å²) in [6.07, 6.45) is 7.88. The molecule has 0 spiro atoms. The molecule has 0 saturated heterocycles. The molecule has 2 aliphatic rings. The van der Waals surface area contributed by atoms with Crippen molar-refractivity contribution in [3.63, 3.8) is 0 Å². The predicted molar refractivity (Wildman–Crippen MR) is 147 cm³/mol. The maximum atomic E-state index is 15.1. The Balaban J connectivity index is 1.58. The summed E-state index contributed by atoms with van der Waals surface area (Å²) < 4.78 is 26.1. The van der Waals surface area contributed by atoms with Gasteiger partial charge in [-0.3, -0.25) is 4.79 Å². The SMILES string of the molecule is COC(=O)C(C)(C)c1ccc(CCC2(C3CCCC3)CC(N=O)=C(C/C(N)=N/n3cc(C)cn3)C(=O)O2)cc1F. The number of halogens is 1. The van der Waals surface area contributed by atoms with Crippen molar-refractivity contribution in [3.8, 4) is 0 Å². The van der Waals surface area contributed by atoms with Gasteiger partial charge < -0.3 is 15.2 Å². The fourth-order valence-corrected chi connectivity index (χ4v) is 5.82. The Morgan fingerprint density at radius 1 is 1.32 bits per heavy atom. The van der Waals surface area contributed by atoms with Crippen molar-refractivity contribution in [1.29, 1.82) is 0 Å². The molecule has 4 rings (SSSR count). The van der Waals surface area contributed by atoms with Crippen LogP contribution < -0.4 is 5.73 Å². The minimum absolute atomic E-state index is 0.0511. The van der Waals surface area contributed by atoms with Gasteiger partial charge in [-0.2, -0.15) is 9.89 Å². The van der Waals surface area contributed by atoms with E-state index in [0.717, 1.165) is 31.2 Å². The molecule has 2 aromatic rings. The third-order valence-corrected chi connectivity index (χ3v) is 8.09. The molecule has 1 unspecified atom stereocenters. The highest BCUT2D eigenvalue weighted by Crippen LogP contribution is 2.46. The molecule has 1 aliphatic heterocycles. The molecule has 2 heterocycles. The lowest BCUT2D eigenvalue weighted by Crippen LogP contribution is -2.46. The van der Waals surface area contributed by atoms with Gasteiger partial charge in [0.2, 0.25) is 0 Å². The zero-order valence-corrected chi connectivity index (χ0v) is 23.4. The maximum Gasteiger partial charge on any atom is 0.337 e. The van der Waals surface area contributed by atoms with Gasteiger partial charge in [-0.25, -0.2) is 9.18 Å². The number of carbonyl (C=O) groups excluding carboxylic acids is 2. The van der Waals surface area contributed by atoms with E-state index in [0.29, 0.717) is 18.4 Å². The van der Waals surface area contributed by atoms with E-state index in [1.165, 1.54) is 18.0 Å². The van der Waals surface area contributed by atoms with Crippen molar-refractivity contribution in [3.05, 3.63) is 69.3 Å². The van der Waals surface area contributed by atoms with Gasteiger partial charge in [0.1, 0.15) is 17.3 Å². The number of ether oxygens (including phenoxy) is 2. The standard InChI is InChI=1S/C29H36FN5O5/c1-18-16-32-35(17-18)33-25(31)14-21-24(34-38)15-29(40-26(21)36,20-7-5-6-8-20)12-11-19-9-10-22(23(30)13-19)28(2,3)27(37)39-4/h9-10,13,16-17,20H,5-8,11-12,14-15H2,1-4H3,(H2,31,33). The number of methoxy groups -OCH3 is 1. The lowest BCUT2D eigenvalue weighted by Gasteiger charge is -2.41. The molecular formula is C29H36FN5O5. The van der Waals surface area contributed by atoms with E-state index in [-0.39, 0.29) is 41.4 Å². The number of carbonyl (C=O) groups is 2. The van der Waals surface area contributed by atoms with Crippen LogP contribution in [0.3, 0.4) is 0 Å². The molecule has 10 nitrogen and oxygen atoms in total. The van der Waals surface area contributed by atoms with E-state index in [4.69, 9.17) is 15.2 Å². The van der Waals surface area contributed by atoms with Gasteiger partial charge >= 0.3 is 11.9 Å². The Hall–Kier alpha value is -3.89. The lowest BCUT2D eigenvalue weighted by molar-refractivity contribution is -0.165. The molecule has 0 amide bonds. The van der Waals surface area contributed by atoms with Crippen molar-refractivity contribution < 1.29 is 23.5 Å². The lowest BCUT2D eigenvalue weighted by atomic mass is 9.75. The Bertz CT molecular complexity index is 1360. The summed E-state index contributed by atoms with van der Waals surface area (Å²) in [6, 6.07) is 4.77. The summed E-state index contributed by atoms with van der Waals surface area (Å²) in [5, 5.41) is 11.5. The second-order valence-electron chi connectivity index (χ2n) is 11.3. The van der Waals surface area contributed by atoms with Gasteiger partial charge in [-0.1, -0.05) is 25.0 Å². The Morgan fingerprint density at radius 2 is 2.05 bits per heavy atom. The van der Waals surface area contributed by atoms with Gasteiger partial charge in [-0.15, -0.1) is 10.0 Å². The number of aryl methyl sites for hydroxylation is 2. The van der Waals surface area contributed by atoms with E-state index >= 15 is 4.39 Å². The summed E-state index contributed by atoms with van der Waals surface area (Å²) in [5.41, 5.74) is 6.02. The molecule has 1 fully saturated rings. The fraction of sp³-hybridized carbons (Fsp3) is 0.517. The second-order valence-corrected chi connectivity index (χ2v) is 11.3. The Morgan fingerprint density at radius 3 is 2.65 bits per heavy atom. The maximum absolute atomic E-state index is 15.1. The molecule has 0 bridgehead atoms. The number of amidine groups is 1. The molecule has 1 aliphatic carbocycles. The molecule has 11 heteroatoms. The number of aromatic nitrogens is 2. The van der Waals surface area contributed by atoms with Gasteiger partial charge in [0.05, 0.1) is 36.2 Å². The number of nitrogens with zero attached hydrogens (tertiary/aromatic N) is 4. The molecule has 0 radical (unpaired) electrons. The summed E-state index contributed by atoms with van der Waals surface area (Å²) in [4.78, 5) is 38.8. The van der Waals surface area contributed by atoms with E-state index in [1.54, 1.807) is 38.4 Å². The molecule has 40 heavy (non-hydrogen) atoms. The summed E-state index contributed by atoms with van der Waals surface area (Å²) in [6.45, 7) is 5.08. The van der Waals surface area contributed by atoms with Crippen molar-refractivity contribution in [2.24, 2.45) is 21.9 Å². The summed E-state index contributed by atoms with van der Waals surface area (Å²) >= 11 is 0. The van der Waals surface area contributed by atoms with Crippen LogP contribution in [-0.4, -0.2) is 40.4 Å². The number of rotatable bonds is 10. The quantitative estimate of drug-likeness (QED) is 0.193. The van der Waals surface area contributed by atoms with Crippen LogP contribution in [-0.2, 0) is 30.9 Å². The van der Waals surface area contributed by atoms with Crippen LogP contribution in [0, 0.1) is 23.6 Å². The highest BCUT2D eigenvalue weighted by atomic mass is 19.1. The number of nitrogens with two attached hydrogens (primary N) is 1. The van der Waals surface area contributed by atoms with Crippen molar-refractivity contribution in [2.75, 3.05) is 7.11 Å². The van der Waals surface area contributed by atoms with E-state index in [9.17, 15) is 14.5 Å². The smallest absolute Gasteiger partial charge is 0.337 e. The van der Waals surface area contributed by atoms with Crippen LogP contribution in [0.4, 0.5) is 4.39 Å². The first-order valence-electron chi connectivity index (χ1n) is 13.5. The average molecular weight is 554 g/mol. The predicted octanol–water partition coefficient (Wildman–Crippen LogP) is 4.82. The molecule has 214 valence electrons. The zero-order chi connectivity index (χ0) is 29.1. The van der Waals surface area contributed by atoms with Gasteiger partial charge in [0.25, 0.3) is 0 Å². The van der Waals surface area contributed by atoms with Crippen molar-refractivity contribution >= 4 is 17.8 Å². The Kier molecular flexibility index (Phi) is 8.51. The number of cyclic esters (lactones) is 1. The topological polar surface area (TPSA) is 138 Å². The van der Waals surface area contributed by atoms with Gasteiger partial charge in [0, 0.05) is 18.4 Å². The Labute approximate surface area is 232 Å². The monoisotopic (exact) mass is 553 g/mol. The summed E-state index contributed by atoms with van der Waals surface area (Å²) in [5.74, 6) is -1.53. The van der Waals surface area contributed by atoms with Crippen molar-refractivity contribution in [2.45, 2.75) is 83.2 Å². The third-order valence-electron chi connectivity index (χ3n) is 8.09. The molecule has 1 saturated carbocycles. The van der Waals surface area contributed by atoms with Crippen LogP contribution in [0.5, 0.6) is 0 Å². The largest absolute Gasteiger partial charge is 0.468 e. The van der Waals surface area contributed by atoms with E-state index in [1.807, 2.05) is 6.92 Å². The minimum Gasteiger partial charge on any atom is -0.468 e. The first kappa shape index (κ1) is 29.1. The van der Waals surface area contributed by atoms with Crippen LogP contribution >= 0.6 is 0 Å². The van der Waals surface area contributed by atoms with E-state index in [2.05, 4.69) is 15.4 Å². The number of nitroso groups, excluding NO2 is 1. The molecule has 1 atom stereocenters.